The Morgan fingerprint density at radius 2 is 1.85 bits per heavy atom. The molecular weight excluding hydrogens is 387 g/mol. The van der Waals surface area contributed by atoms with Crippen molar-refractivity contribution in [2.75, 3.05) is 18.2 Å². The van der Waals surface area contributed by atoms with Gasteiger partial charge >= 0.3 is 5.97 Å². The number of sulfonamides is 1. The fourth-order valence-corrected chi connectivity index (χ4v) is 5.86. The van der Waals surface area contributed by atoms with Crippen molar-refractivity contribution < 1.29 is 32.6 Å². The zero-order valence-corrected chi connectivity index (χ0v) is 15.1. The van der Waals surface area contributed by atoms with Gasteiger partial charge in [-0.05, 0) is 24.3 Å². The molecule has 2 heterocycles. The Hall–Kier alpha value is -1.69. The van der Waals surface area contributed by atoms with E-state index in [9.17, 15) is 32.6 Å². The lowest BCUT2D eigenvalue weighted by atomic mass is 10.1. The highest BCUT2D eigenvalue weighted by Crippen LogP contribution is 2.30. The molecular formula is C15H17FN2O6S2. The molecule has 1 aromatic rings. The number of thioether (sulfide) groups is 1. The van der Waals surface area contributed by atoms with Gasteiger partial charge in [-0.15, -0.1) is 11.8 Å². The van der Waals surface area contributed by atoms with Gasteiger partial charge < -0.3 is 15.1 Å². The summed E-state index contributed by atoms with van der Waals surface area (Å²) >= 11 is 1.27. The highest BCUT2D eigenvalue weighted by molar-refractivity contribution is 7.99. The van der Waals surface area contributed by atoms with Gasteiger partial charge in [-0.1, -0.05) is 0 Å². The number of aliphatic hydroxyl groups is 1. The molecule has 11 heteroatoms. The molecule has 0 radical (unpaired) electrons. The summed E-state index contributed by atoms with van der Waals surface area (Å²) in [6.07, 6.45) is -1.16. The summed E-state index contributed by atoms with van der Waals surface area (Å²) in [5, 5.41) is 19.2. The van der Waals surface area contributed by atoms with E-state index in [2.05, 4.69) is 0 Å². The van der Waals surface area contributed by atoms with E-state index in [4.69, 9.17) is 0 Å². The monoisotopic (exact) mass is 404 g/mol. The van der Waals surface area contributed by atoms with Gasteiger partial charge in [0.25, 0.3) is 0 Å². The van der Waals surface area contributed by atoms with Crippen molar-refractivity contribution in [1.29, 1.82) is 0 Å². The van der Waals surface area contributed by atoms with Crippen LogP contribution in [0.4, 0.5) is 4.39 Å². The maximum Gasteiger partial charge on any atom is 0.327 e. The van der Waals surface area contributed by atoms with Crippen LogP contribution >= 0.6 is 11.8 Å². The van der Waals surface area contributed by atoms with Gasteiger partial charge in [0.05, 0.1) is 16.9 Å². The van der Waals surface area contributed by atoms with Crippen molar-refractivity contribution in [3.8, 4) is 0 Å². The maximum absolute atomic E-state index is 13.1. The molecule has 2 N–H and O–H groups in total. The number of aliphatic hydroxyl groups excluding tert-OH is 1. The van der Waals surface area contributed by atoms with Crippen LogP contribution in [0, 0.1) is 5.82 Å². The van der Waals surface area contributed by atoms with E-state index in [0.29, 0.717) is 0 Å². The molecule has 142 valence electrons. The van der Waals surface area contributed by atoms with Crippen molar-refractivity contribution >= 4 is 33.7 Å². The summed E-state index contributed by atoms with van der Waals surface area (Å²) in [6.45, 7) is -0.283. The SMILES string of the molecule is O=C(O)[C@H]1CSCN1C(=O)[C@H]1C[C@H](O)CN1S(=O)(=O)c1ccc(F)cc1. The molecule has 2 aliphatic rings. The van der Waals surface area contributed by atoms with E-state index >= 15 is 0 Å². The van der Waals surface area contributed by atoms with Gasteiger partial charge in [0.15, 0.2) is 0 Å². The van der Waals surface area contributed by atoms with Gasteiger partial charge in [-0.25, -0.2) is 17.6 Å². The fraction of sp³-hybridized carbons (Fsp3) is 0.467. The second-order valence-corrected chi connectivity index (χ2v) is 8.99. The topological polar surface area (TPSA) is 115 Å². The van der Waals surface area contributed by atoms with Crippen LogP contribution in [-0.2, 0) is 19.6 Å². The molecule has 0 unspecified atom stereocenters. The highest BCUT2D eigenvalue weighted by atomic mass is 32.2. The number of hydrogen-bond acceptors (Lipinski definition) is 6. The zero-order valence-electron chi connectivity index (χ0n) is 13.5. The van der Waals surface area contributed by atoms with Gasteiger partial charge in [0.2, 0.25) is 15.9 Å². The average molecular weight is 404 g/mol. The smallest absolute Gasteiger partial charge is 0.327 e. The van der Waals surface area contributed by atoms with Crippen LogP contribution in [0.25, 0.3) is 0 Å². The Morgan fingerprint density at radius 3 is 2.46 bits per heavy atom. The number of hydrogen-bond donors (Lipinski definition) is 2. The zero-order chi connectivity index (χ0) is 19.1. The second kappa shape index (κ2) is 7.14. The van der Waals surface area contributed by atoms with E-state index in [0.717, 1.165) is 33.5 Å². The van der Waals surface area contributed by atoms with Crippen LogP contribution in [0.5, 0.6) is 0 Å². The molecule has 8 nitrogen and oxygen atoms in total. The maximum atomic E-state index is 13.1. The molecule has 0 saturated carbocycles. The van der Waals surface area contributed by atoms with E-state index in [1.54, 1.807) is 0 Å². The van der Waals surface area contributed by atoms with E-state index in [1.807, 2.05) is 0 Å². The van der Waals surface area contributed by atoms with Crippen LogP contribution in [-0.4, -0.2) is 76.1 Å². The number of carbonyl (C=O) groups excluding carboxylic acids is 1. The predicted octanol–water partition coefficient (Wildman–Crippen LogP) is -0.0643. The van der Waals surface area contributed by atoms with Crippen LogP contribution in [0.15, 0.2) is 29.2 Å². The number of β-amino-alcohol motifs (C(OH)–C–C–N with tert-alkyl or cyclic N) is 1. The Balaban J connectivity index is 1.90. The molecule has 2 aliphatic heterocycles. The van der Waals surface area contributed by atoms with Crippen LogP contribution < -0.4 is 0 Å². The molecule has 2 saturated heterocycles. The Kier molecular flexibility index (Phi) is 5.24. The van der Waals surface area contributed by atoms with Crippen molar-refractivity contribution in [3.63, 3.8) is 0 Å². The fourth-order valence-electron chi connectivity index (χ4n) is 3.07. The Bertz CT molecular complexity index is 816. The number of carbonyl (C=O) groups is 2. The van der Waals surface area contributed by atoms with Crippen molar-refractivity contribution in [3.05, 3.63) is 30.1 Å². The number of halogens is 1. The van der Waals surface area contributed by atoms with Crippen molar-refractivity contribution in [1.82, 2.24) is 9.21 Å². The molecule has 1 amide bonds. The molecule has 26 heavy (non-hydrogen) atoms. The van der Waals surface area contributed by atoms with E-state index in [-0.39, 0.29) is 29.5 Å². The third-order valence-electron chi connectivity index (χ3n) is 4.39. The minimum absolute atomic E-state index is 0.118. The number of nitrogens with zero attached hydrogens (tertiary/aromatic N) is 2. The summed E-state index contributed by atoms with van der Waals surface area (Å²) in [5.41, 5.74) is 0. The summed E-state index contributed by atoms with van der Waals surface area (Å²) in [7, 11) is -4.14. The van der Waals surface area contributed by atoms with Gasteiger partial charge in [-0.2, -0.15) is 4.31 Å². The van der Waals surface area contributed by atoms with Gasteiger partial charge in [0, 0.05) is 18.7 Å². The average Bonchev–Trinajstić information content (AvgIpc) is 3.21. The first kappa shape index (κ1) is 19.1. The van der Waals surface area contributed by atoms with Crippen molar-refractivity contribution in [2.45, 2.75) is 29.5 Å². The summed E-state index contributed by atoms with van der Waals surface area (Å²) in [5.74, 6) is -2.04. The summed E-state index contributed by atoms with van der Waals surface area (Å²) < 4.78 is 39.6. The second-order valence-electron chi connectivity index (χ2n) is 6.10. The van der Waals surface area contributed by atoms with E-state index < -0.39 is 45.9 Å². The number of carboxylic acid groups (broad SMARTS) is 1. The molecule has 0 bridgehead atoms. The summed E-state index contributed by atoms with van der Waals surface area (Å²) in [6, 6.07) is 1.94. The lowest BCUT2D eigenvalue weighted by Crippen LogP contribution is -2.51. The molecule has 3 atom stereocenters. The Labute approximate surface area is 153 Å². The first-order valence-electron chi connectivity index (χ1n) is 7.78. The third-order valence-corrected chi connectivity index (χ3v) is 7.29. The quantitative estimate of drug-likeness (QED) is 0.722. The van der Waals surface area contributed by atoms with Gasteiger partial charge in [0.1, 0.15) is 17.9 Å². The predicted molar refractivity (Wildman–Crippen MR) is 90.3 cm³/mol. The first-order chi connectivity index (χ1) is 12.2. The number of amides is 1. The standard InChI is InChI=1S/C15H17FN2O6S2/c16-9-1-3-11(4-2-9)26(23,24)18-6-10(19)5-12(18)14(20)17-8-25-7-13(17)15(21)22/h1-4,10,12-13,19H,5-8H2,(H,21,22)/t10-,12+,13+/m0/s1. The number of benzene rings is 1. The van der Waals surface area contributed by atoms with Crippen molar-refractivity contribution in [2.24, 2.45) is 0 Å². The van der Waals surface area contributed by atoms with E-state index in [1.165, 1.54) is 11.8 Å². The highest BCUT2D eigenvalue weighted by Gasteiger charge is 2.47. The minimum Gasteiger partial charge on any atom is -0.480 e. The van der Waals surface area contributed by atoms with Crippen LogP contribution in [0.1, 0.15) is 6.42 Å². The number of carboxylic acids is 1. The third kappa shape index (κ3) is 3.43. The number of aliphatic carboxylic acids is 1. The lowest BCUT2D eigenvalue weighted by Gasteiger charge is -2.28. The minimum atomic E-state index is -4.14. The molecule has 0 aromatic heterocycles. The largest absolute Gasteiger partial charge is 0.480 e. The molecule has 0 spiro atoms. The first-order valence-corrected chi connectivity index (χ1v) is 10.4. The normalized spacial score (nSPS) is 27.0. The number of rotatable bonds is 4. The van der Waals surface area contributed by atoms with Crippen LogP contribution in [0.3, 0.4) is 0 Å². The Morgan fingerprint density at radius 1 is 1.19 bits per heavy atom. The molecule has 2 fully saturated rings. The molecule has 3 rings (SSSR count). The molecule has 0 aliphatic carbocycles. The van der Waals surface area contributed by atoms with Gasteiger partial charge in [-0.3, -0.25) is 4.79 Å². The summed E-state index contributed by atoms with van der Waals surface area (Å²) in [4.78, 5) is 25.1. The van der Waals surface area contributed by atoms with Crippen LogP contribution in [0.2, 0.25) is 0 Å². The molecule has 1 aromatic carbocycles. The lowest BCUT2D eigenvalue weighted by molar-refractivity contribution is -0.149.